The molecule has 1 saturated carbocycles. The van der Waals surface area contributed by atoms with Crippen molar-refractivity contribution in [1.29, 1.82) is 0 Å². The molecule has 98 valence electrons. The lowest BCUT2D eigenvalue weighted by Gasteiger charge is -2.37. The molecule has 0 saturated heterocycles. The molecule has 3 nitrogen and oxygen atoms in total. The van der Waals surface area contributed by atoms with Crippen LogP contribution in [0, 0.1) is 0 Å². The van der Waals surface area contributed by atoms with Crippen LogP contribution >= 0.6 is 27.7 Å². The van der Waals surface area contributed by atoms with E-state index in [9.17, 15) is 9.90 Å². The monoisotopic (exact) mass is 337 g/mol. The van der Waals surface area contributed by atoms with Crippen LogP contribution in [0.25, 0.3) is 10.9 Å². The van der Waals surface area contributed by atoms with Gasteiger partial charge in [-0.25, -0.2) is 0 Å². The SMILES string of the molecule is O=C(O)C1(Sc2ccnc3cc(Br)ccc23)CCC1. The van der Waals surface area contributed by atoms with Gasteiger partial charge in [0, 0.05) is 21.0 Å². The second-order valence-electron chi connectivity index (χ2n) is 4.73. The van der Waals surface area contributed by atoms with Gasteiger partial charge in [-0.2, -0.15) is 0 Å². The smallest absolute Gasteiger partial charge is 0.320 e. The second-order valence-corrected chi connectivity index (χ2v) is 7.07. The van der Waals surface area contributed by atoms with Gasteiger partial charge in [-0.3, -0.25) is 9.78 Å². The third-order valence-electron chi connectivity index (χ3n) is 3.52. The van der Waals surface area contributed by atoms with E-state index in [1.807, 2.05) is 24.3 Å². The van der Waals surface area contributed by atoms with Crippen molar-refractivity contribution in [3.05, 3.63) is 34.9 Å². The largest absolute Gasteiger partial charge is 0.480 e. The maximum Gasteiger partial charge on any atom is 0.320 e. The van der Waals surface area contributed by atoms with Gasteiger partial charge in [-0.1, -0.05) is 22.0 Å². The third-order valence-corrected chi connectivity index (χ3v) is 5.56. The predicted molar refractivity (Wildman–Crippen MR) is 79.5 cm³/mol. The van der Waals surface area contributed by atoms with Crippen LogP contribution in [-0.2, 0) is 4.79 Å². The molecule has 1 aromatic carbocycles. The van der Waals surface area contributed by atoms with Gasteiger partial charge in [0.25, 0.3) is 0 Å². The second kappa shape index (κ2) is 4.80. The normalized spacial score (nSPS) is 17.1. The van der Waals surface area contributed by atoms with Gasteiger partial charge in [0.1, 0.15) is 4.75 Å². The Hall–Kier alpha value is -1.07. The minimum Gasteiger partial charge on any atom is -0.480 e. The Bertz CT molecular complexity index is 655. The summed E-state index contributed by atoms with van der Waals surface area (Å²) >= 11 is 4.89. The topological polar surface area (TPSA) is 50.2 Å². The summed E-state index contributed by atoms with van der Waals surface area (Å²) in [6.07, 6.45) is 4.22. The van der Waals surface area contributed by atoms with E-state index in [1.54, 1.807) is 6.20 Å². The first-order chi connectivity index (χ1) is 9.11. The standard InChI is InChI=1S/C14H12BrNO2S/c15-9-2-3-10-11(8-9)16-7-4-12(10)19-14(13(17)18)5-1-6-14/h2-4,7-8H,1,5-6H2,(H,17,18). The summed E-state index contributed by atoms with van der Waals surface area (Å²) in [5, 5.41) is 10.4. The zero-order valence-corrected chi connectivity index (χ0v) is 12.5. The van der Waals surface area contributed by atoms with E-state index in [1.165, 1.54) is 11.8 Å². The van der Waals surface area contributed by atoms with Gasteiger partial charge < -0.3 is 5.11 Å². The molecule has 0 amide bonds. The number of fused-ring (bicyclic) bond motifs is 1. The quantitative estimate of drug-likeness (QED) is 0.916. The molecule has 0 aliphatic heterocycles. The van der Waals surface area contributed by atoms with E-state index in [0.29, 0.717) is 0 Å². The van der Waals surface area contributed by atoms with Crippen molar-refractivity contribution in [2.45, 2.75) is 28.9 Å². The fraction of sp³-hybridized carbons (Fsp3) is 0.286. The average Bonchev–Trinajstić information content (AvgIpc) is 2.32. The number of rotatable bonds is 3. The highest BCUT2D eigenvalue weighted by molar-refractivity contribution is 9.10. The van der Waals surface area contributed by atoms with Crippen molar-refractivity contribution in [2.24, 2.45) is 0 Å². The van der Waals surface area contributed by atoms with E-state index >= 15 is 0 Å². The number of nitrogens with zero attached hydrogens (tertiary/aromatic N) is 1. The first kappa shape index (κ1) is 12.9. The summed E-state index contributed by atoms with van der Waals surface area (Å²) < 4.78 is 0.340. The van der Waals surface area contributed by atoms with Crippen molar-refractivity contribution < 1.29 is 9.90 Å². The van der Waals surface area contributed by atoms with Crippen molar-refractivity contribution >= 4 is 44.6 Å². The molecular weight excluding hydrogens is 326 g/mol. The molecule has 0 radical (unpaired) electrons. The lowest BCUT2D eigenvalue weighted by Crippen LogP contribution is -2.41. The number of benzene rings is 1. The molecule has 0 unspecified atom stereocenters. The van der Waals surface area contributed by atoms with E-state index < -0.39 is 10.7 Å². The van der Waals surface area contributed by atoms with Crippen molar-refractivity contribution in [3.8, 4) is 0 Å². The van der Waals surface area contributed by atoms with Gasteiger partial charge >= 0.3 is 5.97 Å². The van der Waals surface area contributed by atoms with E-state index in [2.05, 4.69) is 20.9 Å². The fourth-order valence-electron chi connectivity index (χ4n) is 2.25. The van der Waals surface area contributed by atoms with Crippen LogP contribution < -0.4 is 0 Å². The highest BCUT2D eigenvalue weighted by Gasteiger charge is 2.45. The van der Waals surface area contributed by atoms with Gasteiger partial charge in [-0.05, 0) is 37.5 Å². The molecule has 3 rings (SSSR count). The van der Waals surface area contributed by atoms with E-state index in [-0.39, 0.29) is 0 Å². The van der Waals surface area contributed by atoms with Gasteiger partial charge in [0.15, 0.2) is 0 Å². The molecule has 2 aromatic rings. The summed E-state index contributed by atoms with van der Waals surface area (Å²) in [7, 11) is 0. The zero-order chi connectivity index (χ0) is 13.5. The Morgan fingerprint density at radius 1 is 1.37 bits per heavy atom. The summed E-state index contributed by atoms with van der Waals surface area (Å²) in [4.78, 5) is 16.8. The molecular formula is C14H12BrNO2S. The lowest BCUT2D eigenvalue weighted by atomic mass is 9.84. The Morgan fingerprint density at radius 3 is 2.79 bits per heavy atom. The van der Waals surface area contributed by atoms with E-state index in [4.69, 9.17) is 0 Å². The first-order valence-corrected chi connectivity index (χ1v) is 7.68. The van der Waals surface area contributed by atoms with Crippen molar-refractivity contribution in [3.63, 3.8) is 0 Å². The maximum absolute atomic E-state index is 11.5. The molecule has 1 aliphatic carbocycles. The molecule has 0 atom stereocenters. The van der Waals surface area contributed by atoms with Crippen LogP contribution in [0.3, 0.4) is 0 Å². The number of carboxylic acid groups (broad SMARTS) is 1. The summed E-state index contributed by atoms with van der Waals surface area (Å²) in [6.45, 7) is 0. The number of pyridine rings is 1. The molecule has 0 spiro atoms. The van der Waals surface area contributed by atoms with Gasteiger partial charge in [0.2, 0.25) is 0 Å². The highest BCUT2D eigenvalue weighted by atomic mass is 79.9. The predicted octanol–water partition coefficient (Wildman–Crippen LogP) is 4.10. The van der Waals surface area contributed by atoms with Crippen LogP contribution in [0.15, 0.2) is 39.8 Å². The molecule has 1 aliphatic rings. The number of carboxylic acids is 1. The zero-order valence-electron chi connectivity index (χ0n) is 10.1. The van der Waals surface area contributed by atoms with Crippen LogP contribution in [0.4, 0.5) is 0 Å². The molecule has 0 bridgehead atoms. The van der Waals surface area contributed by atoms with Crippen LogP contribution in [0.5, 0.6) is 0 Å². The number of hydrogen-bond acceptors (Lipinski definition) is 3. The molecule has 1 aromatic heterocycles. The van der Waals surface area contributed by atoms with Gasteiger partial charge in [-0.15, -0.1) is 11.8 Å². The minimum atomic E-state index is -0.703. The number of aromatic nitrogens is 1. The highest BCUT2D eigenvalue weighted by Crippen LogP contribution is 2.49. The first-order valence-electron chi connectivity index (χ1n) is 6.07. The van der Waals surface area contributed by atoms with Crippen molar-refractivity contribution in [2.75, 3.05) is 0 Å². The van der Waals surface area contributed by atoms with Crippen LogP contribution in [0.2, 0.25) is 0 Å². The molecule has 19 heavy (non-hydrogen) atoms. The summed E-state index contributed by atoms with van der Waals surface area (Å²) in [5.74, 6) is -0.703. The van der Waals surface area contributed by atoms with Crippen molar-refractivity contribution in [1.82, 2.24) is 4.98 Å². The average molecular weight is 338 g/mol. The van der Waals surface area contributed by atoms with Crippen LogP contribution in [-0.4, -0.2) is 20.8 Å². The Balaban J connectivity index is 2.03. The maximum atomic E-state index is 11.5. The molecule has 1 heterocycles. The number of halogens is 1. The number of aliphatic carboxylic acids is 1. The molecule has 1 fully saturated rings. The summed E-state index contributed by atoms with van der Waals surface area (Å²) in [5.41, 5.74) is 0.888. The molecule has 1 N–H and O–H groups in total. The Morgan fingerprint density at radius 2 is 2.16 bits per heavy atom. The summed E-state index contributed by atoms with van der Waals surface area (Å²) in [6, 6.07) is 7.81. The van der Waals surface area contributed by atoms with Crippen LogP contribution in [0.1, 0.15) is 19.3 Å². The van der Waals surface area contributed by atoms with E-state index in [0.717, 1.165) is 39.5 Å². The van der Waals surface area contributed by atoms with Gasteiger partial charge in [0.05, 0.1) is 5.52 Å². The molecule has 5 heteroatoms. The fourth-order valence-corrected chi connectivity index (χ4v) is 4.01. The number of thioether (sulfide) groups is 1. The Kier molecular flexibility index (Phi) is 3.27. The minimum absolute atomic E-state index is 0.638. The third kappa shape index (κ3) is 2.25. The lowest BCUT2D eigenvalue weighted by molar-refractivity contribution is -0.142. The number of carbonyl (C=O) groups is 1. The number of hydrogen-bond donors (Lipinski definition) is 1. The Labute approximate surface area is 123 Å².